The van der Waals surface area contributed by atoms with Crippen LogP contribution in [-0.2, 0) is 0 Å². The van der Waals surface area contributed by atoms with Crippen LogP contribution in [0.25, 0.3) is 10.4 Å². The zero-order valence-electron chi connectivity index (χ0n) is 19.1. The predicted molar refractivity (Wildman–Crippen MR) is 136 cm³/mol. The Balaban J connectivity index is 1.52. The maximum absolute atomic E-state index is 13.7. The molecule has 0 saturated heterocycles. The molecule has 0 saturated carbocycles. The molecule has 3 heterocycles. The number of aromatic nitrogens is 1. The van der Waals surface area contributed by atoms with Gasteiger partial charge in [-0.05, 0) is 41.3 Å². The molecule has 5 nitrogen and oxygen atoms in total. The molecular weight excluding hydrogens is 442 g/mol. The molecule has 5 rings (SSSR count). The van der Waals surface area contributed by atoms with Gasteiger partial charge in [-0.25, -0.2) is 5.01 Å². The van der Waals surface area contributed by atoms with Gasteiger partial charge in [0.15, 0.2) is 0 Å². The summed E-state index contributed by atoms with van der Waals surface area (Å²) in [5.74, 6) is 0.365. The summed E-state index contributed by atoms with van der Waals surface area (Å²) in [6.07, 6.45) is 3.97. The molecule has 0 radical (unpaired) electrons. The van der Waals surface area contributed by atoms with Crippen molar-refractivity contribution >= 4 is 23.0 Å². The van der Waals surface area contributed by atoms with Crippen LogP contribution in [0, 0.1) is 0 Å². The van der Waals surface area contributed by atoms with E-state index < -0.39 is 6.04 Å². The number of hydrazone groups is 1. The topological polar surface area (TPSA) is 65.8 Å². The predicted octanol–water partition coefficient (Wildman–Crippen LogP) is 6.63. The summed E-state index contributed by atoms with van der Waals surface area (Å²) < 4.78 is 0. The summed E-state index contributed by atoms with van der Waals surface area (Å²) in [5, 5.41) is 16.8. The van der Waals surface area contributed by atoms with E-state index in [1.807, 2.05) is 48.5 Å². The van der Waals surface area contributed by atoms with Crippen LogP contribution in [0.1, 0.15) is 58.6 Å². The lowest BCUT2D eigenvalue weighted by Crippen LogP contribution is -2.26. The number of phenolic OH excluding ortho intramolecular Hbond substituents is 1. The number of rotatable bonds is 5. The van der Waals surface area contributed by atoms with Gasteiger partial charge in [-0.1, -0.05) is 62.4 Å². The Kier molecular flexibility index (Phi) is 5.99. The van der Waals surface area contributed by atoms with Gasteiger partial charge in [-0.3, -0.25) is 9.78 Å². The molecule has 1 amide bonds. The van der Waals surface area contributed by atoms with Gasteiger partial charge in [-0.2, -0.15) is 5.10 Å². The first-order valence-electron chi connectivity index (χ1n) is 11.3. The molecule has 4 aromatic rings. The van der Waals surface area contributed by atoms with Crippen molar-refractivity contribution in [2.24, 2.45) is 5.10 Å². The van der Waals surface area contributed by atoms with Gasteiger partial charge in [-0.15, -0.1) is 11.3 Å². The number of hydrogen-bond acceptors (Lipinski definition) is 5. The second kappa shape index (κ2) is 9.23. The van der Waals surface area contributed by atoms with Crippen molar-refractivity contribution in [1.29, 1.82) is 0 Å². The van der Waals surface area contributed by atoms with E-state index in [4.69, 9.17) is 5.10 Å². The Morgan fingerprint density at radius 1 is 1.03 bits per heavy atom. The quantitative estimate of drug-likeness (QED) is 0.358. The molecule has 1 N–H and O–H groups in total. The minimum absolute atomic E-state index is 0.158. The Morgan fingerprint density at radius 2 is 1.82 bits per heavy atom. The highest BCUT2D eigenvalue weighted by molar-refractivity contribution is 7.17. The number of benzene rings is 2. The van der Waals surface area contributed by atoms with Crippen LogP contribution in [-0.4, -0.2) is 26.7 Å². The minimum Gasteiger partial charge on any atom is -0.508 e. The number of carbonyl (C=O) groups excluding carboxylic acids is 1. The van der Waals surface area contributed by atoms with Gasteiger partial charge < -0.3 is 5.11 Å². The van der Waals surface area contributed by atoms with Crippen LogP contribution in [0.3, 0.4) is 0 Å². The average molecular weight is 468 g/mol. The third-order valence-electron chi connectivity index (χ3n) is 6.07. The molecule has 0 aliphatic carbocycles. The highest BCUT2D eigenvalue weighted by Crippen LogP contribution is 2.40. The number of phenols is 1. The van der Waals surface area contributed by atoms with Gasteiger partial charge >= 0.3 is 0 Å². The maximum atomic E-state index is 13.7. The van der Waals surface area contributed by atoms with E-state index in [0.29, 0.717) is 22.8 Å². The van der Waals surface area contributed by atoms with E-state index >= 15 is 0 Å². The van der Waals surface area contributed by atoms with Gasteiger partial charge in [0.1, 0.15) is 5.75 Å². The Morgan fingerprint density at radius 3 is 2.59 bits per heavy atom. The number of nitrogens with zero attached hydrogens (tertiary/aromatic N) is 3. The highest BCUT2D eigenvalue weighted by atomic mass is 32.1. The second-order valence-electron chi connectivity index (χ2n) is 8.62. The lowest BCUT2D eigenvalue weighted by atomic mass is 9.96. The van der Waals surface area contributed by atoms with Crippen LogP contribution in [0.15, 0.2) is 90.3 Å². The van der Waals surface area contributed by atoms with Gasteiger partial charge in [0.2, 0.25) is 0 Å². The third-order valence-corrected chi connectivity index (χ3v) is 7.18. The summed E-state index contributed by atoms with van der Waals surface area (Å²) in [6.45, 7) is 4.35. The first-order chi connectivity index (χ1) is 16.5. The van der Waals surface area contributed by atoms with Crippen LogP contribution < -0.4 is 0 Å². The standard InChI is InChI=1S/C28H25N3O2S/c1-18(2)20-9-3-4-10-21(20)26-13-14-27(34-26)28(33)31-24(22-11-5-6-12-25(22)32)16-23(30-31)19-8-7-15-29-17-19/h3-15,17-18,24,32H,16H2,1-2H3. The monoisotopic (exact) mass is 467 g/mol. The van der Waals surface area contributed by atoms with Crippen LogP contribution in [0.2, 0.25) is 0 Å². The highest BCUT2D eigenvalue weighted by Gasteiger charge is 2.35. The number of para-hydroxylation sites is 1. The Hall–Kier alpha value is -3.77. The lowest BCUT2D eigenvalue weighted by molar-refractivity contribution is 0.0714. The number of aromatic hydroxyl groups is 1. The summed E-state index contributed by atoms with van der Waals surface area (Å²) in [4.78, 5) is 19.6. The van der Waals surface area contributed by atoms with Gasteiger partial charge in [0.05, 0.1) is 16.6 Å². The molecule has 0 spiro atoms. The van der Waals surface area contributed by atoms with E-state index in [9.17, 15) is 9.90 Å². The largest absolute Gasteiger partial charge is 0.508 e. The van der Waals surface area contributed by atoms with Crippen LogP contribution in [0.5, 0.6) is 5.75 Å². The van der Waals surface area contributed by atoms with Crippen molar-refractivity contribution in [3.8, 4) is 16.2 Å². The van der Waals surface area contributed by atoms with Crippen molar-refractivity contribution in [2.45, 2.75) is 32.2 Å². The van der Waals surface area contributed by atoms with Crippen molar-refractivity contribution in [2.75, 3.05) is 0 Å². The molecule has 1 unspecified atom stereocenters. The fourth-order valence-corrected chi connectivity index (χ4v) is 5.34. The summed E-state index contributed by atoms with van der Waals surface area (Å²) in [6, 6.07) is 22.7. The SMILES string of the molecule is CC(C)c1ccccc1-c1ccc(C(=O)N2N=C(c3cccnc3)CC2c2ccccc2O)s1. The molecule has 1 atom stereocenters. The molecule has 2 aromatic carbocycles. The Bertz CT molecular complexity index is 1360. The number of carbonyl (C=O) groups is 1. The average Bonchev–Trinajstić information content (AvgIpc) is 3.53. The lowest BCUT2D eigenvalue weighted by Gasteiger charge is -2.22. The zero-order chi connectivity index (χ0) is 23.7. The normalized spacial score (nSPS) is 15.6. The Labute approximate surface area is 203 Å². The summed E-state index contributed by atoms with van der Waals surface area (Å²) in [5.41, 5.74) is 4.74. The molecular formula is C28H25N3O2S. The zero-order valence-corrected chi connectivity index (χ0v) is 19.9. The van der Waals surface area contributed by atoms with Gasteiger partial charge in [0.25, 0.3) is 5.91 Å². The number of amides is 1. The van der Waals surface area contributed by atoms with E-state index in [-0.39, 0.29) is 11.7 Å². The van der Waals surface area contributed by atoms with Crippen molar-refractivity contribution in [3.63, 3.8) is 0 Å². The third kappa shape index (κ3) is 4.13. The van der Waals surface area contributed by atoms with E-state index in [1.165, 1.54) is 21.9 Å². The number of pyridine rings is 1. The first kappa shape index (κ1) is 22.0. The summed E-state index contributed by atoms with van der Waals surface area (Å²) in [7, 11) is 0. The minimum atomic E-state index is -0.391. The molecule has 2 aromatic heterocycles. The fraction of sp³-hybridized carbons (Fsp3) is 0.179. The molecule has 0 fully saturated rings. The van der Waals surface area contributed by atoms with E-state index in [0.717, 1.165) is 21.7 Å². The first-order valence-corrected chi connectivity index (χ1v) is 12.1. The van der Waals surface area contributed by atoms with Gasteiger partial charge in [0, 0.05) is 34.8 Å². The smallest absolute Gasteiger partial charge is 0.284 e. The maximum Gasteiger partial charge on any atom is 0.284 e. The molecule has 0 bridgehead atoms. The molecule has 34 heavy (non-hydrogen) atoms. The molecule has 1 aliphatic rings. The molecule has 170 valence electrons. The van der Waals surface area contributed by atoms with Crippen molar-refractivity contribution in [3.05, 3.63) is 107 Å². The summed E-state index contributed by atoms with van der Waals surface area (Å²) >= 11 is 1.48. The second-order valence-corrected chi connectivity index (χ2v) is 9.71. The fourth-order valence-electron chi connectivity index (χ4n) is 4.35. The molecule has 6 heteroatoms. The molecule has 1 aliphatic heterocycles. The van der Waals surface area contributed by atoms with Crippen LogP contribution in [0.4, 0.5) is 0 Å². The van der Waals surface area contributed by atoms with Crippen LogP contribution >= 0.6 is 11.3 Å². The van der Waals surface area contributed by atoms with Crippen molar-refractivity contribution < 1.29 is 9.90 Å². The van der Waals surface area contributed by atoms with E-state index in [2.05, 4.69) is 31.0 Å². The van der Waals surface area contributed by atoms with E-state index in [1.54, 1.807) is 24.5 Å². The number of thiophene rings is 1. The number of hydrogen-bond donors (Lipinski definition) is 1. The van der Waals surface area contributed by atoms with Crippen molar-refractivity contribution in [1.82, 2.24) is 9.99 Å².